The predicted octanol–water partition coefficient (Wildman–Crippen LogP) is 3.59. The highest BCUT2D eigenvalue weighted by molar-refractivity contribution is 5.92. The standard InChI is InChI=1S/C15H18N2O4.C2H6/c1-4-20-11(3)21-8-7-17-10(2)16-13-9-12(15(18)19)5-6-14(13)17;1-2/h5-6,9H,3-4,7-8H2,1-2H3,(H,18,19);1-2H3. The number of carbonyl (C=O) groups is 1. The first kappa shape index (κ1) is 18.5. The first-order chi connectivity index (χ1) is 11.0. The molecule has 0 spiro atoms. The van der Waals surface area contributed by atoms with E-state index in [1.165, 1.54) is 0 Å². The van der Waals surface area contributed by atoms with Gasteiger partial charge in [0.15, 0.2) is 0 Å². The lowest BCUT2D eigenvalue weighted by molar-refractivity contribution is 0.0395. The summed E-state index contributed by atoms with van der Waals surface area (Å²) in [7, 11) is 0. The Kier molecular flexibility index (Phi) is 7.12. The van der Waals surface area contributed by atoms with Gasteiger partial charge in [0.2, 0.25) is 0 Å². The highest BCUT2D eigenvalue weighted by Crippen LogP contribution is 2.18. The third-order valence-corrected chi connectivity index (χ3v) is 3.07. The van der Waals surface area contributed by atoms with Gasteiger partial charge in [-0.3, -0.25) is 0 Å². The number of hydrogen-bond donors (Lipinski definition) is 1. The van der Waals surface area contributed by atoms with Gasteiger partial charge < -0.3 is 19.1 Å². The second kappa shape index (κ2) is 8.82. The molecule has 6 nitrogen and oxygen atoms in total. The number of ether oxygens (including phenoxy) is 2. The van der Waals surface area contributed by atoms with Crippen molar-refractivity contribution in [1.82, 2.24) is 9.55 Å². The van der Waals surface area contributed by atoms with Gasteiger partial charge in [0, 0.05) is 0 Å². The van der Waals surface area contributed by atoms with Crippen LogP contribution in [0.15, 0.2) is 30.7 Å². The highest BCUT2D eigenvalue weighted by atomic mass is 16.7. The van der Waals surface area contributed by atoms with Crippen molar-refractivity contribution in [2.75, 3.05) is 13.2 Å². The van der Waals surface area contributed by atoms with E-state index in [4.69, 9.17) is 14.6 Å². The van der Waals surface area contributed by atoms with E-state index in [-0.39, 0.29) is 5.56 Å². The van der Waals surface area contributed by atoms with Crippen LogP contribution in [-0.4, -0.2) is 33.8 Å². The molecule has 0 amide bonds. The molecule has 0 saturated heterocycles. The molecular formula is C17H24N2O4. The Bertz CT molecular complexity index is 677. The molecule has 0 aliphatic carbocycles. The summed E-state index contributed by atoms with van der Waals surface area (Å²) in [4.78, 5) is 15.3. The number of aryl methyl sites for hydroxylation is 1. The number of carboxylic acid groups (broad SMARTS) is 1. The minimum absolute atomic E-state index is 0.230. The van der Waals surface area contributed by atoms with E-state index in [9.17, 15) is 4.79 Å². The number of rotatable bonds is 7. The number of imidazole rings is 1. The molecule has 0 unspecified atom stereocenters. The molecule has 1 heterocycles. The van der Waals surface area contributed by atoms with Gasteiger partial charge >= 0.3 is 5.97 Å². The van der Waals surface area contributed by atoms with Gasteiger partial charge in [-0.15, -0.1) is 0 Å². The predicted molar refractivity (Wildman–Crippen MR) is 89.5 cm³/mol. The maximum absolute atomic E-state index is 11.0. The van der Waals surface area contributed by atoms with Crippen LogP contribution in [0, 0.1) is 6.92 Å². The van der Waals surface area contributed by atoms with Crippen LogP contribution in [0.1, 0.15) is 37.0 Å². The number of carboxylic acids is 1. The molecule has 2 aromatic rings. The summed E-state index contributed by atoms with van der Waals surface area (Å²) in [5.41, 5.74) is 1.77. The van der Waals surface area contributed by atoms with Crippen LogP contribution < -0.4 is 0 Å². The summed E-state index contributed by atoms with van der Waals surface area (Å²) >= 11 is 0. The molecule has 1 aromatic heterocycles. The fourth-order valence-corrected chi connectivity index (χ4v) is 2.12. The normalized spacial score (nSPS) is 9.91. The van der Waals surface area contributed by atoms with Gasteiger partial charge in [0.05, 0.1) is 29.7 Å². The highest BCUT2D eigenvalue weighted by Gasteiger charge is 2.10. The maximum atomic E-state index is 11.0. The third-order valence-electron chi connectivity index (χ3n) is 3.07. The average Bonchev–Trinajstić information content (AvgIpc) is 2.84. The number of benzene rings is 1. The molecule has 1 N–H and O–H groups in total. The van der Waals surface area contributed by atoms with Gasteiger partial charge in [0.25, 0.3) is 5.95 Å². The quantitative estimate of drug-likeness (QED) is 0.789. The van der Waals surface area contributed by atoms with E-state index in [1.54, 1.807) is 18.2 Å². The van der Waals surface area contributed by atoms with E-state index in [0.717, 1.165) is 11.3 Å². The van der Waals surface area contributed by atoms with Crippen molar-refractivity contribution < 1.29 is 19.4 Å². The van der Waals surface area contributed by atoms with Crippen LogP contribution in [0.2, 0.25) is 0 Å². The smallest absolute Gasteiger partial charge is 0.335 e. The largest absolute Gasteiger partial charge is 0.478 e. The van der Waals surface area contributed by atoms with Crippen LogP contribution in [0.4, 0.5) is 0 Å². The lowest BCUT2D eigenvalue weighted by Gasteiger charge is -2.11. The van der Waals surface area contributed by atoms with E-state index >= 15 is 0 Å². The molecule has 1 aromatic carbocycles. The van der Waals surface area contributed by atoms with E-state index < -0.39 is 5.97 Å². The lowest BCUT2D eigenvalue weighted by Crippen LogP contribution is -2.08. The van der Waals surface area contributed by atoms with Gasteiger partial charge in [-0.2, -0.15) is 0 Å². The molecule has 0 fully saturated rings. The zero-order valence-corrected chi connectivity index (χ0v) is 14.1. The van der Waals surface area contributed by atoms with Gasteiger partial charge in [-0.25, -0.2) is 9.78 Å². The molecular weight excluding hydrogens is 296 g/mol. The summed E-state index contributed by atoms with van der Waals surface area (Å²) in [6.45, 7) is 12.9. The van der Waals surface area contributed by atoms with E-state index in [0.29, 0.717) is 31.2 Å². The third kappa shape index (κ3) is 4.74. The molecule has 2 rings (SSSR count). The maximum Gasteiger partial charge on any atom is 0.335 e. The second-order valence-corrected chi connectivity index (χ2v) is 4.47. The minimum atomic E-state index is -0.958. The molecule has 0 atom stereocenters. The molecule has 0 radical (unpaired) electrons. The van der Waals surface area contributed by atoms with Gasteiger partial charge in [0.1, 0.15) is 12.4 Å². The van der Waals surface area contributed by atoms with Crippen molar-refractivity contribution in [2.45, 2.75) is 34.2 Å². The van der Waals surface area contributed by atoms with Crippen molar-refractivity contribution in [3.8, 4) is 0 Å². The van der Waals surface area contributed by atoms with Crippen molar-refractivity contribution in [1.29, 1.82) is 0 Å². The fourth-order valence-electron chi connectivity index (χ4n) is 2.12. The Labute approximate surface area is 136 Å². The molecule has 0 aliphatic heterocycles. The van der Waals surface area contributed by atoms with Crippen LogP contribution in [-0.2, 0) is 16.0 Å². The van der Waals surface area contributed by atoms with Crippen molar-refractivity contribution in [3.05, 3.63) is 42.1 Å². The van der Waals surface area contributed by atoms with E-state index in [1.807, 2.05) is 32.3 Å². The number of aromatic nitrogens is 2. The first-order valence-corrected chi connectivity index (χ1v) is 7.67. The Morgan fingerprint density at radius 1 is 1.35 bits per heavy atom. The summed E-state index contributed by atoms with van der Waals surface area (Å²) in [5, 5.41) is 9.00. The van der Waals surface area contributed by atoms with Crippen LogP contribution in [0.5, 0.6) is 0 Å². The number of fused-ring (bicyclic) bond motifs is 1. The number of hydrogen-bond acceptors (Lipinski definition) is 4. The molecule has 126 valence electrons. The van der Waals surface area contributed by atoms with Gasteiger partial charge in [-0.1, -0.05) is 13.8 Å². The Hall–Kier alpha value is -2.50. The molecule has 23 heavy (non-hydrogen) atoms. The Morgan fingerprint density at radius 3 is 2.65 bits per heavy atom. The van der Waals surface area contributed by atoms with Crippen molar-refractivity contribution >= 4 is 17.0 Å². The molecule has 0 bridgehead atoms. The lowest BCUT2D eigenvalue weighted by atomic mass is 10.2. The monoisotopic (exact) mass is 320 g/mol. The second-order valence-electron chi connectivity index (χ2n) is 4.47. The minimum Gasteiger partial charge on any atom is -0.478 e. The van der Waals surface area contributed by atoms with Crippen LogP contribution >= 0.6 is 0 Å². The average molecular weight is 320 g/mol. The summed E-state index contributed by atoms with van der Waals surface area (Å²) in [6, 6.07) is 4.90. The SMILES string of the molecule is C=C(OCC)OCCn1c(C)nc2cc(C(=O)O)ccc21.CC. The number of nitrogens with zero attached hydrogens (tertiary/aromatic N) is 2. The van der Waals surface area contributed by atoms with Gasteiger partial charge in [-0.05, 0) is 38.6 Å². The van der Waals surface area contributed by atoms with Crippen LogP contribution in [0.3, 0.4) is 0 Å². The number of aromatic carboxylic acids is 1. The zero-order chi connectivity index (χ0) is 17.4. The van der Waals surface area contributed by atoms with Crippen LogP contribution in [0.25, 0.3) is 11.0 Å². The summed E-state index contributed by atoms with van der Waals surface area (Å²) in [5.74, 6) is 0.145. The van der Waals surface area contributed by atoms with E-state index in [2.05, 4.69) is 11.6 Å². The van der Waals surface area contributed by atoms with Crippen molar-refractivity contribution in [3.63, 3.8) is 0 Å². The summed E-state index contributed by atoms with van der Waals surface area (Å²) in [6.07, 6.45) is 0. The fraction of sp³-hybridized carbons (Fsp3) is 0.412. The Balaban J connectivity index is 0.00000127. The molecule has 0 saturated carbocycles. The molecule has 6 heteroatoms. The summed E-state index contributed by atoms with van der Waals surface area (Å²) < 4.78 is 12.4. The zero-order valence-electron chi connectivity index (χ0n) is 14.1. The van der Waals surface area contributed by atoms with Crippen molar-refractivity contribution in [2.24, 2.45) is 0 Å². The first-order valence-electron chi connectivity index (χ1n) is 7.67. The molecule has 0 aliphatic rings. The Morgan fingerprint density at radius 2 is 2.04 bits per heavy atom. The topological polar surface area (TPSA) is 73.6 Å².